The van der Waals surface area contributed by atoms with Crippen LogP contribution < -0.4 is 16.0 Å². The molecule has 0 saturated carbocycles. The van der Waals surface area contributed by atoms with Crippen LogP contribution in [-0.2, 0) is 11.3 Å². The van der Waals surface area contributed by atoms with Gasteiger partial charge in [0.15, 0.2) is 24.9 Å². The molecule has 0 aliphatic carbocycles. The second-order valence-electron chi connectivity index (χ2n) is 3.81. The fourth-order valence-corrected chi connectivity index (χ4v) is 1.45. The van der Waals surface area contributed by atoms with Crippen LogP contribution in [0.3, 0.4) is 0 Å². The van der Waals surface area contributed by atoms with Crippen LogP contribution in [0.5, 0.6) is 0 Å². The van der Waals surface area contributed by atoms with Crippen molar-refractivity contribution in [1.82, 2.24) is 0 Å². The summed E-state index contributed by atoms with van der Waals surface area (Å²) in [6.45, 7) is 1.24. The molecule has 0 atom stereocenters. The molecule has 0 unspecified atom stereocenters. The van der Waals surface area contributed by atoms with Gasteiger partial charge in [-0.1, -0.05) is 6.07 Å². The van der Waals surface area contributed by atoms with Crippen LogP contribution in [0.15, 0.2) is 35.6 Å². The van der Waals surface area contributed by atoms with E-state index < -0.39 is 0 Å². The molecule has 0 bridgehead atoms. The predicted molar refractivity (Wildman–Crippen MR) is 66.2 cm³/mol. The number of Topliss-reactive ketones (excluding diaryl/α,β-unsaturated/α-hetero) is 1. The molecule has 1 aromatic rings. The molecule has 0 spiro atoms. The van der Waals surface area contributed by atoms with E-state index >= 15 is 0 Å². The van der Waals surface area contributed by atoms with Crippen LogP contribution >= 0.6 is 0 Å². The van der Waals surface area contributed by atoms with Gasteiger partial charge in [-0.25, -0.2) is 4.57 Å². The highest BCUT2D eigenvalue weighted by Crippen LogP contribution is 1.96. The number of carbonyl (C=O) groups excluding carboxylic acids is 1. The van der Waals surface area contributed by atoms with Crippen LogP contribution in [-0.4, -0.2) is 18.3 Å². The molecule has 0 saturated heterocycles. The first kappa shape index (κ1) is 13.2. The first-order valence-corrected chi connectivity index (χ1v) is 5.69. The molecule has 17 heavy (non-hydrogen) atoms. The third-order valence-electron chi connectivity index (χ3n) is 2.33. The minimum absolute atomic E-state index is 0.0808. The summed E-state index contributed by atoms with van der Waals surface area (Å²) in [5.41, 5.74) is 10.4. The average Bonchev–Trinajstić information content (AvgIpc) is 2.33. The summed E-state index contributed by atoms with van der Waals surface area (Å²) in [5.74, 6) is 0.324. The quantitative estimate of drug-likeness (QED) is 0.301. The number of pyridine rings is 1. The lowest BCUT2D eigenvalue weighted by atomic mass is 10.1. The topological polar surface area (TPSA) is 85.3 Å². The number of aryl methyl sites for hydroxylation is 1. The maximum absolute atomic E-state index is 11.5. The van der Waals surface area contributed by atoms with Crippen LogP contribution in [0, 0.1) is 0 Å². The van der Waals surface area contributed by atoms with E-state index in [-0.39, 0.29) is 11.7 Å². The number of hydrogen-bond acceptors (Lipinski definition) is 2. The standard InChI is InChI=1S/C12H19N4O/c13-12(14)15-7-4-5-11(17)6-10-16-8-2-1-3-9-16/h1-3,8-9H,4-7,10H2,(H4,13,14,15)/q+1. The Hall–Kier alpha value is -1.91. The fourth-order valence-electron chi connectivity index (χ4n) is 1.45. The molecule has 92 valence electrons. The van der Waals surface area contributed by atoms with E-state index in [9.17, 15) is 4.79 Å². The largest absolute Gasteiger partial charge is 0.370 e. The van der Waals surface area contributed by atoms with Gasteiger partial charge < -0.3 is 11.5 Å². The van der Waals surface area contributed by atoms with Gasteiger partial charge in [-0.3, -0.25) is 9.79 Å². The highest BCUT2D eigenvalue weighted by molar-refractivity contribution is 5.78. The zero-order chi connectivity index (χ0) is 12.5. The van der Waals surface area contributed by atoms with E-state index in [1.807, 2.05) is 35.2 Å². The molecule has 4 N–H and O–H groups in total. The first-order valence-electron chi connectivity index (χ1n) is 5.69. The lowest BCUT2D eigenvalue weighted by Gasteiger charge is -1.98. The van der Waals surface area contributed by atoms with Gasteiger partial charge in [0.25, 0.3) is 0 Å². The summed E-state index contributed by atoms with van der Waals surface area (Å²) in [6, 6.07) is 5.85. The predicted octanol–water partition coefficient (Wildman–Crippen LogP) is -0.0131. The summed E-state index contributed by atoms with van der Waals surface area (Å²) in [6.07, 6.45) is 5.69. The molecule has 5 nitrogen and oxygen atoms in total. The Kier molecular flexibility index (Phi) is 5.71. The number of ketones is 1. The summed E-state index contributed by atoms with van der Waals surface area (Å²) in [5, 5.41) is 0. The van der Waals surface area contributed by atoms with Crippen LogP contribution in [0.4, 0.5) is 0 Å². The van der Waals surface area contributed by atoms with Crippen LogP contribution in [0.25, 0.3) is 0 Å². The molecular weight excluding hydrogens is 216 g/mol. The number of hydrogen-bond donors (Lipinski definition) is 2. The average molecular weight is 235 g/mol. The number of rotatable bonds is 7. The zero-order valence-electron chi connectivity index (χ0n) is 9.88. The lowest BCUT2D eigenvalue weighted by molar-refractivity contribution is -0.695. The van der Waals surface area contributed by atoms with Crippen molar-refractivity contribution >= 4 is 11.7 Å². The zero-order valence-corrected chi connectivity index (χ0v) is 9.88. The molecule has 5 heteroatoms. The van der Waals surface area contributed by atoms with Crippen molar-refractivity contribution in [2.75, 3.05) is 6.54 Å². The molecule has 0 aliphatic rings. The Labute approximate surface area is 101 Å². The fraction of sp³-hybridized carbons (Fsp3) is 0.417. The van der Waals surface area contributed by atoms with E-state index in [1.165, 1.54) is 0 Å². The minimum Gasteiger partial charge on any atom is -0.370 e. The molecule has 0 aromatic carbocycles. The number of guanidine groups is 1. The summed E-state index contributed by atoms with van der Waals surface area (Å²) in [7, 11) is 0. The molecule has 1 aromatic heterocycles. The van der Waals surface area contributed by atoms with Gasteiger partial charge in [0.05, 0.1) is 6.42 Å². The summed E-state index contributed by atoms with van der Waals surface area (Å²) < 4.78 is 1.99. The Balaban J connectivity index is 2.16. The Morgan fingerprint density at radius 3 is 2.47 bits per heavy atom. The van der Waals surface area contributed by atoms with Gasteiger partial charge >= 0.3 is 0 Å². The Morgan fingerprint density at radius 2 is 1.82 bits per heavy atom. The van der Waals surface area contributed by atoms with Gasteiger partial charge in [0, 0.05) is 25.1 Å². The number of nitrogens with two attached hydrogens (primary N) is 2. The number of aliphatic imine (C=N–C) groups is 1. The van der Waals surface area contributed by atoms with Crippen molar-refractivity contribution in [3.05, 3.63) is 30.6 Å². The highest BCUT2D eigenvalue weighted by Gasteiger charge is 2.05. The highest BCUT2D eigenvalue weighted by atomic mass is 16.1. The normalized spacial score (nSPS) is 9.88. The van der Waals surface area contributed by atoms with Crippen molar-refractivity contribution in [2.24, 2.45) is 16.5 Å². The van der Waals surface area contributed by atoms with E-state index in [4.69, 9.17) is 11.5 Å². The lowest BCUT2D eigenvalue weighted by Crippen LogP contribution is -2.33. The van der Waals surface area contributed by atoms with E-state index in [0.29, 0.717) is 25.8 Å². The number of carbonyl (C=O) groups is 1. The van der Waals surface area contributed by atoms with E-state index in [1.54, 1.807) is 0 Å². The summed E-state index contributed by atoms with van der Waals surface area (Å²) >= 11 is 0. The second kappa shape index (κ2) is 7.38. The van der Waals surface area contributed by atoms with Crippen LogP contribution in [0.1, 0.15) is 19.3 Å². The van der Waals surface area contributed by atoms with Crippen LogP contribution in [0.2, 0.25) is 0 Å². The maximum atomic E-state index is 11.5. The van der Waals surface area contributed by atoms with E-state index in [0.717, 1.165) is 6.54 Å². The van der Waals surface area contributed by atoms with Crippen molar-refractivity contribution in [3.8, 4) is 0 Å². The summed E-state index contributed by atoms with van der Waals surface area (Å²) in [4.78, 5) is 15.4. The van der Waals surface area contributed by atoms with Gasteiger partial charge in [-0.15, -0.1) is 0 Å². The molecule has 0 fully saturated rings. The molecule has 1 heterocycles. The van der Waals surface area contributed by atoms with Gasteiger partial charge in [-0.05, 0) is 6.42 Å². The monoisotopic (exact) mass is 235 g/mol. The van der Waals surface area contributed by atoms with Crippen molar-refractivity contribution in [1.29, 1.82) is 0 Å². The Bertz CT molecular complexity index is 371. The third kappa shape index (κ3) is 6.29. The smallest absolute Gasteiger partial charge is 0.185 e. The molecule has 1 rings (SSSR count). The van der Waals surface area contributed by atoms with Gasteiger partial charge in [0.1, 0.15) is 5.78 Å². The molecule has 0 amide bonds. The molecule has 0 aliphatic heterocycles. The number of nitrogens with zero attached hydrogens (tertiary/aromatic N) is 2. The van der Waals surface area contributed by atoms with Crippen molar-refractivity contribution in [2.45, 2.75) is 25.8 Å². The second-order valence-corrected chi connectivity index (χ2v) is 3.81. The first-order chi connectivity index (χ1) is 8.18. The molecular formula is C12H19N4O+. The van der Waals surface area contributed by atoms with Crippen molar-refractivity contribution < 1.29 is 9.36 Å². The maximum Gasteiger partial charge on any atom is 0.185 e. The van der Waals surface area contributed by atoms with Crippen molar-refractivity contribution in [3.63, 3.8) is 0 Å². The Morgan fingerprint density at radius 1 is 1.12 bits per heavy atom. The minimum atomic E-state index is 0.0808. The number of aromatic nitrogens is 1. The van der Waals surface area contributed by atoms with Gasteiger partial charge in [0.2, 0.25) is 0 Å². The third-order valence-corrected chi connectivity index (χ3v) is 2.33. The van der Waals surface area contributed by atoms with E-state index in [2.05, 4.69) is 4.99 Å². The molecule has 0 radical (unpaired) electrons. The van der Waals surface area contributed by atoms with Gasteiger partial charge in [-0.2, -0.15) is 0 Å². The SMILES string of the molecule is NC(N)=NCCCC(=O)CC[n+]1ccccc1.